The van der Waals surface area contributed by atoms with Crippen LogP contribution in [0.1, 0.15) is 17.5 Å². The number of hydrogen-bond acceptors (Lipinski definition) is 4. The van der Waals surface area contributed by atoms with E-state index in [0.29, 0.717) is 0 Å². The molecule has 118 valence electrons. The number of furan rings is 1. The molecule has 1 atom stereocenters. The van der Waals surface area contributed by atoms with Gasteiger partial charge in [-0.15, -0.1) is 6.42 Å². The third-order valence-corrected chi connectivity index (χ3v) is 3.85. The largest absolute Gasteiger partial charge is 0.486 e. The number of aliphatic carboxylic acids is 1. The summed E-state index contributed by atoms with van der Waals surface area (Å²) in [6.45, 7) is 0.767. The first-order valence-corrected chi connectivity index (χ1v) is 6.72. The van der Waals surface area contributed by atoms with Gasteiger partial charge in [0.05, 0.1) is 11.9 Å². The number of terminal acetylenes is 1. The average molecular weight is 317 g/mol. The van der Waals surface area contributed by atoms with Gasteiger partial charge in [-0.1, -0.05) is 5.92 Å². The van der Waals surface area contributed by atoms with Crippen molar-refractivity contribution in [3.8, 4) is 18.1 Å². The quantitative estimate of drug-likeness (QED) is 0.856. The van der Waals surface area contributed by atoms with Gasteiger partial charge in [0.15, 0.2) is 11.3 Å². The van der Waals surface area contributed by atoms with Gasteiger partial charge in [-0.25, -0.2) is 9.18 Å². The Hall–Kier alpha value is -3.01. The molecule has 1 aromatic heterocycles. The third-order valence-electron chi connectivity index (χ3n) is 3.85. The summed E-state index contributed by atoms with van der Waals surface area (Å²) in [6, 6.07) is 3.73. The average Bonchev–Trinajstić information content (AvgIpc) is 2.82. The number of benzene rings is 1. The van der Waals surface area contributed by atoms with Crippen LogP contribution >= 0.6 is 0 Å². The number of amides is 1. The zero-order valence-corrected chi connectivity index (χ0v) is 12.1. The van der Waals surface area contributed by atoms with Crippen molar-refractivity contribution in [1.82, 2.24) is 4.90 Å². The van der Waals surface area contributed by atoms with Crippen LogP contribution in [0.5, 0.6) is 5.75 Å². The number of hydrogen-bond donors (Lipinski definition) is 1. The zero-order chi connectivity index (χ0) is 16.8. The van der Waals surface area contributed by atoms with Crippen LogP contribution < -0.4 is 4.74 Å². The molecule has 1 amide bonds. The van der Waals surface area contributed by atoms with Gasteiger partial charge >= 0.3 is 5.97 Å². The van der Waals surface area contributed by atoms with Crippen LogP contribution in [0.4, 0.5) is 4.39 Å². The van der Waals surface area contributed by atoms with Crippen molar-refractivity contribution in [1.29, 1.82) is 0 Å². The van der Waals surface area contributed by atoms with E-state index in [0.717, 1.165) is 4.90 Å². The molecule has 1 aliphatic rings. The molecule has 0 radical (unpaired) electrons. The Bertz CT molecular complexity index is 865. The third kappa shape index (κ3) is 2.11. The Balaban J connectivity index is 2.20. The van der Waals surface area contributed by atoms with Crippen molar-refractivity contribution in [3.63, 3.8) is 0 Å². The first kappa shape index (κ1) is 14.9. The Morgan fingerprint density at radius 3 is 2.96 bits per heavy atom. The second kappa shape index (κ2) is 5.02. The lowest BCUT2D eigenvalue weighted by Gasteiger charge is -2.33. The molecule has 0 saturated carbocycles. The maximum Gasteiger partial charge on any atom is 0.332 e. The van der Waals surface area contributed by atoms with Gasteiger partial charge in [-0.3, -0.25) is 4.79 Å². The number of ether oxygens (including phenoxy) is 1. The number of fused-ring (bicyclic) bond motifs is 3. The number of carbonyl (C=O) groups is 2. The molecule has 0 bridgehead atoms. The number of rotatable bonds is 2. The summed E-state index contributed by atoms with van der Waals surface area (Å²) in [5.41, 5.74) is -1.39. The lowest BCUT2D eigenvalue weighted by molar-refractivity contribution is -0.150. The number of nitrogens with zero attached hydrogens (tertiary/aromatic N) is 1. The van der Waals surface area contributed by atoms with E-state index in [1.165, 1.54) is 25.1 Å². The van der Waals surface area contributed by atoms with E-state index in [2.05, 4.69) is 5.92 Å². The minimum absolute atomic E-state index is 0.0245. The first-order valence-electron chi connectivity index (χ1n) is 6.72. The summed E-state index contributed by atoms with van der Waals surface area (Å²) >= 11 is 0. The molecule has 6 nitrogen and oxygen atoms in total. The van der Waals surface area contributed by atoms with Crippen LogP contribution in [0.2, 0.25) is 0 Å². The molecule has 1 aliphatic heterocycles. The second-order valence-electron chi connectivity index (χ2n) is 5.36. The highest BCUT2D eigenvalue weighted by molar-refractivity contribution is 6.04. The van der Waals surface area contributed by atoms with Crippen LogP contribution in [0, 0.1) is 18.2 Å². The number of carboxylic acid groups (broad SMARTS) is 1. The predicted molar refractivity (Wildman–Crippen MR) is 77.6 cm³/mol. The maximum absolute atomic E-state index is 13.4. The lowest BCUT2D eigenvalue weighted by Crippen LogP contribution is -2.57. The van der Waals surface area contributed by atoms with Crippen molar-refractivity contribution in [2.24, 2.45) is 0 Å². The van der Waals surface area contributed by atoms with Gasteiger partial charge in [-0.05, 0) is 25.1 Å². The van der Waals surface area contributed by atoms with Crippen molar-refractivity contribution >= 4 is 22.8 Å². The fourth-order valence-corrected chi connectivity index (χ4v) is 2.48. The number of halogens is 1. The van der Waals surface area contributed by atoms with Gasteiger partial charge in [0.2, 0.25) is 5.76 Å². The Morgan fingerprint density at radius 2 is 2.30 bits per heavy atom. The van der Waals surface area contributed by atoms with E-state index < -0.39 is 23.2 Å². The summed E-state index contributed by atoms with van der Waals surface area (Å²) in [5, 5.41) is 9.75. The van der Waals surface area contributed by atoms with E-state index in [1.54, 1.807) is 0 Å². The lowest BCUT2D eigenvalue weighted by atomic mass is 10.0. The number of carboxylic acids is 1. The van der Waals surface area contributed by atoms with E-state index in [-0.39, 0.29) is 35.6 Å². The monoisotopic (exact) mass is 317 g/mol. The Morgan fingerprint density at radius 1 is 1.57 bits per heavy atom. The van der Waals surface area contributed by atoms with E-state index in [1.807, 2.05) is 0 Å². The highest BCUT2D eigenvalue weighted by atomic mass is 19.1. The zero-order valence-electron chi connectivity index (χ0n) is 12.1. The molecule has 7 heteroatoms. The summed E-state index contributed by atoms with van der Waals surface area (Å²) in [5.74, 6) is -0.399. The van der Waals surface area contributed by atoms with Gasteiger partial charge in [0.25, 0.3) is 5.91 Å². The molecule has 0 fully saturated rings. The van der Waals surface area contributed by atoms with Gasteiger partial charge in [-0.2, -0.15) is 0 Å². The fourth-order valence-electron chi connectivity index (χ4n) is 2.48. The molecule has 1 aromatic carbocycles. The summed E-state index contributed by atoms with van der Waals surface area (Å²) < 4.78 is 24.4. The Kier molecular flexibility index (Phi) is 3.25. The first-order chi connectivity index (χ1) is 10.9. The van der Waals surface area contributed by atoms with E-state index in [9.17, 15) is 19.1 Å². The van der Waals surface area contributed by atoms with Crippen LogP contribution in [0.15, 0.2) is 22.6 Å². The maximum atomic E-state index is 13.4. The Labute approximate surface area is 130 Å². The van der Waals surface area contributed by atoms with Gasteiger partial charge in [0, 0.05) is 0 Å². The van der Waals surface area contributed by atoms with Crippen molar-refractivity contribution in [2.45, 2.75) is 12.5 Å². The van der Waals surface area contributed by atoms with Crippen molar-refractivity contribution < 1.29 is 28.2 Å². The summed E-state index contributed by atoms with van der Waals surface area (Å²) in [7, 11) is 0. The summed E-state index contributed by atoms with van der Waals surface area (Å²) in [4.78, 5) is 25.3. The molecule has 0 saturated heterocycles. The fraction of sp³-hybridized carbons (Fsp3) is 0.250. The molecule has 0 aliphatic carbocycles. The molecule has 1 unspecified atom stereocenters. The molecule has 0 spiro atoms. The minimum atomic E-state index is -1.66. The van der Waals surface area contributed by atoms with Crippen LogP contribution in [-0.2, 0) is 4.79 Å². The minimum Gasteiger partial charge on any atom is -0.486 e. The molecule has 2 aromatic rings. The van der Waals surface area contributed by atoms with Crippen LogP contribution in [-0.4, -0.2) is 40.6 Å². The van der Waals surface area contributed by atoms with Crippen molar-refractivity contribution in [3.05, 3.63) is 29.8 Å². The standard InChI is InChI=1S/C16H12FNO5/c1-3-6-18-14(19)13-12(22-8-16(18,2)15(20)21)10-7-9(17)4-5-11(10)23-13/h1,4-5,7H,6,8H2,2H3,(H,20,21). The van der Waals surface area contributed by atoms with E-state index >= 15 is 0 Å². The molecule has 3 rings (SSSR count). The molecule has 1 N–H and O–H groups in total. The second-order valence-corrected chi connectivity index (χ2v) is 5.36. The van der Waals surface area contributed by atoms with Crippen LogP contribution in [0.3, 0.4) is 0 Å². The highest BCUT2D eigenvalue weighted by Gasteiger charge is 2.47. The van der Waals surface area contributed by atoms with Gasteiger partial charge < -0.3 is 19.2 Å². The highest BCUT2D eigenvalue weighted by Crippen LogP contribution is 2.38. The molecule has 23 heavy (non-hydrogen) atoms. The van der Waals surface area contributed by atoms with Crippen molar-refractivity contribution in [2.75, 3.05) is 13.2 Å². The van der Waals surface area contributed by atoms with Gasteiger partial charge in [0.1, 0.15) is 18.0 Å². The smallest absolute Gasteiger partial charge is 0.332 e. The van der Waals surface area contributed by atoms with Crippen LogP contribution in [0.25, 0.3) is 11.0 Å². The molecular weight excluding hydrogens is 305 g/mol. The summed E-state index contributed by atoms with van der Waals surface area (Å²) in [6.07, 6.45) is 5.25. The normalized spacial score (nSPS) is 20.6. The van der Waals surface area contributed by atoms with E-state index in [4.69, 9.17) is 15.6 Å². The predicted octanol–water partition coefficient (Wildman–Crippen LogP) is 1.88. The topological polar surface area (TPSA) is 80.0 Å². The number of carbonyl (C=O) groups excluding carboxylic acids is 1. The SMILES string of the molecule is C#CCN1C(=O)c2oc3ccc(F)cc3c2OCC1(C)C(=O)O. The molecular formula is C16H12FNO5. The molecule has 2 heterocycles.